The summed E-state index contributed by atoms with van der Waals surface area (Å²) in [5.41, 5.74) is 1.80. The van der Waals surface area contributed by atoms with Crippen LogP contribution in [0.5, 0.6) is 0 Å². The smallest absolute Gasteiger partial charge is 0.251 e. The van der Waals surface area contributed by atoms with Gasteiger partial charge in [0.2, 0.25) is 0 Å². The first-order valence-corrected chi connectivity index (χ1v) is 7.96. The van der Waals surface area contributed by atoms with Crippen molar-refractivity contribution in [2.75, 3.05) is 20.1 Å². The van der Waals surface area contributed by atoms with Crippen molar-refractivity contribution >= 4 is 35.8 Å². The number of aliphatic imine (C=N–C) groups is 1. The van der Waals surface area contributed by atoms with Crippen molar-refractivity contribution in [2.24, 2.45) is 4.99 Å². The molecule has 5 nitrogen and oxygen atoms in total. The Labute approximate surface area is 156 Å². The number of hydrogen-bond acceptors (Lipinski definition) is 2. The minimum absolute atomic E-state index is 0. The highest BCUT2D eigenvalue weighted by Crippen LogP contribution is 2.06. The van der Waals surface area contributed by atoms with E-state index in [-0.39, 0.29) is 29.9 Å². The number of nitrogens with zero attached hydrogens (tertiary/aromatic N) is 1. The van der Waals surface area contributed by atoms with Crippen molar-refractivity contribution in [3.05, 3.63) is 35.4 Å². The van der Waals surface area contributed by atoms with Crippen LogP contribution in [-0.4, -0.2) is 38.0 Å². The molecule has 0 aliphatic rings. The molecule has 0 spiro atoms. The number of halogens is 1. The third-order valence-corrected chi connectivity index (χ3v) is 3.43. The van der Waals surface area contributed by atoms with E-state index in [4.69, 9.17) is 0 Å². The second-order valence-corrected chi connectivity index (χ2v) is 5.24. The zero-order valence-electron chi connectivity index (χ0n) is 14.5. The van der Waals surface area contributed by atoms with Gasteiger partial charge in [-0.15, -0.1) is 24.0 Å². The second-order valence-electron chi connectivity index (χ2n) is 5.24. The van der Waals surface area contributed by atoms with Gasteiger partial charge in [-0.25, -0.2) is 0 Å². The summed E-state index contributed by atoms with van der Waals surface area (Å²) >= 11 is 0. The number of rotatable bonds is 7. The monoisotopic (exact) mass is 432 g/mol. The summed E-state index contributed by atoms with van der Waals surface area (Å²) in [7, 11) is 1.64. The van der Waals surface area contributed by atoms with E-state index in [1.165, 1.54) is 0 Å². The average Bonchev–Trinajstić information content (AvgIpc) is 2.54. The van der Waals surface area contributed by atoms with E-state index in [0.717, 1.165) is 30.9 Å². The number of guanidine groups is 1. The molecule has 130 valence electrons. The fourth-order valence-electron chi connectivity index (χ4n) is 1.96. The van der Waals surface area contributed by atoms with Crippen molar-refractivity contribution in [3.63, 3.8) is 0 Å². The number of nitrogens with one attached hydrogen (secondary N) is 3. The molecule has 1 rings (SSSR count). The maximum atomic E-state index is 11.6. The van der Waals surface area contributed by atoms with Crippen LogP contribution in [0.3, 0.4) is 0 Å². The maximum absolute atomic E-state index is 11.6. The lowest BCUT2D eigenvalue weighted by molar-refractivity contribution is 0.0963. The average molecular weight is 432 g/mol. The standard InChI is InChI=1S/C17H28N4O.HI/c1-5-13(3)21-17(19-6-2)20-11-10-14-8-7-9-15(12-14)16(22)18-4;/h7-9,12-13H,5-6,10-11H2,1-4H3,(H,18,22)(H2,19,20,21);1H. The molecule has 3 N–H and O–H groups in total. The molecular formula is C17H29IN4O. The van der Waals surface area contributed by atoms with Crippen molar-refractivity contribution in [1.82, 2.24) is 16.0 Å². The predicted octanol–water partition coefficient (Wildman–Crippen LogP) is 2.56. The van der Waals surface area contributed by atoms with Gasteiger partial charge in [0, 0.05) is 31.7 Å². The zero-order chi connectivity index (χ0) is 16.4. The van der Waals surface area contributed by atoms with Gasteiger partial charge in [-0.1, -0.05) is 19.1 Å². The molecule has 0 aromatic heterocycles. The van der Waals surface area contributed by atoms with Crippen molar-refractivity contribution in [3.8, 4) is 0 Å². The summed E-state index contributed by atoms with van der Waals surface area (Å²) in [4.78, 5) is 16.2. The molecule has 0 saturated heterocycles. The van der Waals surface area contributed by atoms with Gasteiger partial charge >= 0.3 is 0 Å². The Morgan fingerprint density at radius 2 is 2.04 bits per heavy atom. The summed E-state index contributed by atoms with van der Waals surface area (Å²) in [5.74, 6) is 0.788. The van der Waals surface area contributed by atoms with Crippen LogP contribution in [0.25, 0.3) is 0 Å². The zero-order valence-corrected chi connectivity index (χ0v) is 16.8. The Kier molecular flexibility index (Phi) is 11.5. The number of carbonyl (C=O) groups is 1. The summed E-state index contributed by atoms with van der Waals surface area (Å²) in [6, 6.07) is 8.07. The van der Waals surface area contributed by atoms with Crippen LogP contribution >= 0.6 is 24.0 Å². The van der Waals surface area contributed by atoms with Crippen LogP contribution in [-0.2, 0) is 6.42 Å². The first-order chi connectivity index (χ1) is 10.6. The van der Waals surface area contributed by atoms with Gasteiger partial charge in [0.1, 0.15) is 0 Å². The van der Waals surface area contributed by atoms with E-state index in [1.54, 1.807) is 7.05 Å². The Morgan fingerprint density at radius 3 is 2.65 bits per heavy atom. The Morgan fingerprint density at radius 1 is 1.30 bits per heavy atom. The van der Waals surface area contributed by atoms with Crippen LogP contribution in [0.4, 0.5) is 0 Å². The lowest BCUT2D eigenvalue weighted by atomic mass is 10.1. The lowest BCUT2D eigenvalue weighted by Crippen LogP contribution is -2.42. The Bertz CT molecular complexity index is 505. The number of benzene rings is 1. The van der Waals surface area contributed by atoms with Gasteiger partial charge in [0.05, 0.1) is 0 Å². The molecule has 0 radical (unpaired) electrons. The molecule has 0 saturated carbocycles. The normalized spacial score (nSPS) is 12.1. The van der Waals surface area contributed by atoms with Gasteiger partial charge in [-0.3, -0.25) is 9.79 Å². The quantitative estimate of drug-likeness (QED) is 0.353. The molecule has 23 heavy (non-hydrogen) atoms. The van der Waals surface area contributed by atoms with E-state index in [2.05, 4.69) is 41.7 Å². The van der Waals surface area contributed by atoms with Crippen LogP contribution in [0.2, 0.25) is 0 Å². The highest BCUT2D eigenvalue weighted by molar-refractivity contribution is 14.0. The fourth-order valence-corrected chi connectivity index (χ4v) is 1.96. The summed E-state index contributed by atoms with van der Waals surface area (Å²) < 4.78 is 0. The molecule has 0 aliphatic heterocycles. The minimum Gasteiger partial charge on any atom is -0.357 e. The largest absolute Gasteiger partial charge is 0.357 e. The summed E-state index contributed by atoms with van der Waals surface area (Å²) in [6.45, 7) is 7.86. The molecule has 0 bridgehead atoms. The molecule has 1 atom stereocenters. The number of amides is 1. The molecule has 1 unspecified atom stereocenters. The molecule has 0 fully saturated rings. The van der Waals surface area contributed by atoms with E-state index < -0.39 is 0 Å². The first kappa shape index (κ1) is 21.7. The van der Waals surface area contributed by atoms with Gasteiger partial charge in [0.15, 0.2) is 5.96 Å². The van der Waals surface area contributed by atoms with Crippen molar-refractivity contribution in [2.45, 2.75) is 39.7 Å². The minimum atomic E-state index is -0.0582. The van der Waals surface area contributed by atoms with Crippen molar-refractivity contribution in [1.29, 1.82) is 0 Å². The molecule has 0 aliphatic carbocycles. The predicted molar refractivity (Wildman–Crippen MR) is 108 cm³/mol. The SMILES string of the molecule is CCNC(=NCCc1cccc(C(=O)NC)c1)NC(C)CC.I. The number of carbonyl (C=O) groups excluding carboxylic acids is 1. The number of hydrogen-bond donors (Lipinski definition) is 3. The van der Waals surface area contributed by atoms with Gasteiger partial charge in [-0.05, 0) is 44.4 Å². The van der Waals surface area contributed by atoms with Gasteiger partial charge in [0.25, 0.3) is 5.91 Å². The van der Waals surface area contributed by atoms with Crippen LogP contribution < -0.4 is 16.0 Å². The third kappa shape index (κ3) is 8.20. The molecule has 1 aromatic carbocycles. The maximum Gasteiger partial charge on any atom is 0.251 e. The topological polar surface area (TPSA) is 65.5 Å². The molecule has 1 aromatic rings. The molecule has 1 amide bonds. The Balaban J connectivity index is 0.00000484. The van der Waals surface area contributed by atoms with Gasteiger partial charge < -0.3 is 16.0 Å². The summed E-state index contributed by atoms with van der Waals surface area (Å²) in [5, 5.41) is 9.26. The van der Waals surface area contributed by atoms with E-state index in [0.29, 0.717) is 18.2 Å². The fraction of sp³-hybridized carbons (Fsp3) is 0.529. The second kappa shape index (κ2) is 12.2. The van der Waals surface area contributed by atoms with Crippen molar-refractivity contribution < 1.29 is 4.79 Å². The van der Waals surface area contributed by atoms with Crippen LogP contribution in [0.15, 0.2) is 29.3 Å². The third-order valence-electron chi connectivity index (χ3n) is 3.43. The van der Waals surface area contributed by atoms with Gasteiger partial charge in [-0.2, -0.15) is 0 Å². The Hall–Kier alpha value is -1.31. The summed E-state index contributed by atoms with van der Waals surface area (Å²) in [6.07, 6.45) is 1.86. The highest BCUT2D eigenvalue weighted by atomic mass is 127. The molecule has 6 heteroatoms. The highest BCUT2D eigenvalue weighted by Gasteiger charge is 2.04. The molecular weight excluding hydrogens is 403 g/mol. The van der Waals surface area contributed by atoms with Crippen LogP contribution in [0.1, 0.15) is 43.1 Å². The molecule has 0 heterocycles. The van der Waals surface area contributed by atoms with E-state index >= 15 is 0 Å². The van der Waals surface area contributed by atoms with Crippen LogP contribution in [0, 0.1) is 0 Å². The lowest BCUT2D eigenvalue weighted by Gasteiger charge is -2.16. The van der Waals surface area contributed by atoms with E-state index in [1.807, 2.05) is 24.3 Å². The van der Waals surface area contributed by atoms with E-state index in [9.17, 15) is 4.79 Å². The first-order valence-electron chi connectivity index (χ1n) is 7.96.